The summed E-state index contributed by atoms with van der Waals surface area (Å²) in [4.78, 5) is 14.5. The van der Waals surface area contributed by atoms with Crippen molar-refractivity contribution in [2.45, 2.75) is 36.6 Å². The van der Waals surface area contributed by atoms with Crippen LogP contribution in [-0.4, -0.2) is 33.5 Å². The van der Waals surface area contributed by atoms with Crippen molar-refractivity contribution in [3.63, 3.8) is 0 Å². The number of carbonyl (C=O) groups is 1. The predicted octanol–water partition coefficient (Wildman–Crippen LogP) is 2.98. The number of amides is 1. The third-order valence-corrected chi connectivity index (χ3v) is 6.29. The molecule has 1 heterocycles. The van der Waals surface area contributed by atoms with Gasteiger partial charge in [-0.15, -0.1) is 0 Å². The number of sulfonamides is 1. The van der Waals surface area contributed by atoms with Crippen LogP contribution < -0.4 is 14.9 Å². The van der Waals surface area contributed by atoms with Gasteiger partial charge in [-0.2, -0.15) is 0 Å². The van der Waals surface area contributed by atoms with Gasteiger partial charge in [0.05, 0.1) is 4.90 Å². The molecule has 1 amide bonds. The Morgan fingerprint density at radius 1 is 1.00 bits per heavy atom. The molecule has 0 bridgehead atoms. The van der Waals surface area contributed by atoms with Gasteiger partial charge in [0.2, 0.25) is 0 Å². The zero-order valence-corrected chi connectivity index (χ0v) is 15.8. The molecule has 1 aliphatic carbocycles. The maximum absolute atomic E-state index is 12.7. The van der Waals surface area contributed by atoms with Crippen LogP contribution in [0, 0.1) is 0 Å². The van der Waals surface area contributed by atoms with Gasteiger partial charge in [-0.05, 0) is 68.1 Å². The summed E-state index contributed by atoms with van der Waals surface area (Å²) in [5.74, 6) is -0.232. The maximum Gasteiger partial charge on any atom is 0.261 e. The van der Waals surface area contributed by atoms with E-state index in [-0.39, 0.29) is 16.8 Å². The van der Waals surface area contributed by atoms with Gasteiger partial charge in [0.25, 0.3) is 15.9 Å². The number of rotatable bonds is 6. The molecule has 0 spiro atoms. The Bertz CT molecular complexity index is 931. The lowest BCUT2D eigenvalue weighted by atomic mass is 10.2. The van der Waals surface area contributed by atoms with Gasteiger partial charge in [-0.25, -0.2) is 8.42 Å². The molecule has 142 valence electrons. The van der Waals surface area contributed by atoms with Gasteiger partial charge in [-0.1, -0.05) is 6.07 Å². The largest absolute Gasteiger partial charge is 0.372 e. The predicted molar refractivity (Wildman–Crippen MR) is 106 cm³/mol. The third-order valence-electron chi connectivity index (χ3n) is 4.91. The van der Waals surface area contributed by atoms with Crippen LogP contribution in [0.5, 0.6) is 0 Å². The van der Waals surface area contributed by atoms with E-state index >= 15 is 0 Å². The highest BCUT2D eigenvalue weighted by atomic mass is 32.2. The van der Waals surface area contributed by atoms with Crippen molar-refractivity contribution >= 4 is 27.3 Å². The summed E-state index contributed by atoms with van der Waals surface area (Å²) in [5, 5.41) is 2.87. The summed E-state index contributed by atoms with van der Waals surface area (Å²) < 4.78 is 28.0. The Labute approximate surface area is 159 Å². The molecule has 2 fully saturated rings. The number of hydrogen-bond donors (Lipinski definition) is 2. The molecule has 0 radical (unpaired) electrons. The number of nitrogens with zero attached hydrogens (tertiary/aromatic N) is 1. The average Bonchev–Trinajstić information content (AvgIpc) is 3.31. The van der Waals surface area contributed by atoms with Crippen LogP contribution in [0.4, 0.5) is 11.4 Å². The van der Waals surface area contributed by atoms with Crippen LogP contribution >= 0.6 is 0 Å². The molecule has 2 aliphatic rings. The molecule has 0 atom stereocenters. The Morgan fingerprint density at radius 2 is 1.70 bits per heavy atom. The van der Waals surface area contributed by atoms with Crippen molar-refractivity contribution in [2.75, 3.05) is 22.7 Å². The van der Waals surface area contributed by atoms with Gasteiger partial charge >= 0.3 is 0 Å². The van der Waals surface area contributed by atoms with Crippen molar-refractivity contribution < 1.29 is 13.2 Å². The van der Waals surface area contributed by atoms with E-state index in [1.54, 1.807) is 24.3 Å². The van der Waals surface area contributed by atoms with Crippen LogP contribution in [-0.2, 0) is 10.0 Å². The van der Waals surface area contributed by atoms with Crippen LogP contribution in [0.1, 0.15) is 36.0 Å². The molecule has 2 N–H and O–H groups in total. The molecule has 7 heteroatoms. The van der Waals surface area contributed by atoms with Crippen LogP contribution in [0.25, 0.3) is 0 Å². The SMILES string of the molecule is O=C(NC1CC1)c1cccc(S(=O)(=O)Nc2ccc(N3CCCC3)cc2)c1. The van der Waals surface area contributed by atoms with Crippen molar-refractivity contribution in [1.29, 1.82) is 0 Å². The van der Waals surface area contributed by atoms with E-state index in [2.05, 4.69) is 14.9 Å². The number of nitrogens with one attached hydrogen (secondary N) is 2. The topological polar surface area (TPSA) is 78.5 Å². The molecule has 2 aromatic carbocycles. The summed E-state index contributed by atoms with van der Waals surface area (Å²) in [7, 11) is -3.76. The molecular formula is C20H23N3O3S. The average molecular weight is 385 g/mol. The Kier molecular flexibility index (Phi) is 4.78. The van der Waals surface area contributed by atoms with E-state index in [4.69, 9.17) is 0 Å². The third kappa shape index (κ3) is 4.24. The summed E-state index contributed by atoms with van der Waals surface area (Å²) in [6.45, 7) is 2.08. The van der Waals surface area contributed by atoms with E-state index in [9.17, 15) is 13.2 Å². The fourth-order valence-corrected chi connectivity index (χ4v) is 4.33. The zero-order valence-electron chi connectivity index (χ0n) is 15.0. The lowest BCUT2D eigenvalue weighted by molar-refractivity contribution is 0.0951. The minimum Gasteiger partial charge on any atom is -0.372 e. The second-order valence-corrected chi connectivity index (χ2v) is 8.80. The smallest absolute Gasteiger partial charge is 0.261 e. The lowest BCUT2D eigenvalue weighted by Crippen LogP contribution is -2.25. The minimum absolute atomic E-state index is 0.0783. The Balaban J connectivity index is 1.48. The van der Waals surface area contributed by atoms with E-state index < -0.39 is 10.0 Å². The number of carbonyl (C=O) groups excluding carboxylic acids is 1. The molecule has 1 saturated heterocycles. The molecule has 0 aromatic heterocycles. The molecule has 2 aromatic rings. The van der Waals surface area contributed by atoms with Crippen LogP contribution in [0.15, 0.2) is 53.4 Å². The summed E-state index contributed by atoms with van der Waals surface area (Å²) >= 11 is 0. The molecule has 27 heavy (non-hydrogen) atoms. The van der Waals surface area contributed by atoms with Crippen molar-refractivity contribution in [3.05, 3.63) is 54.1 Å². The summed E-state index contributed by atoms with van der Waals surface area (Å²) in [6.07, 6.45) is 4.36. The van der Waals surface area contributed by atoms with Gasteiger partial charge in [0, 0.05) is 36.1 Å². The van der Waals surface area contributed by atoms with Gasteiger partial charge < -0.3 is 10.2 Å². The first-order valence-corrected chi connectivity index (χ1v) is 10.8. The molecular weight excluding hydrogens is 362 g/mol. The van der Waals surface area contributed by atoms with Crippen molar-refractivity contribution in [2.24, 2.45) is 0 Å². The zero-order chi connectivity index (χ0) is 18.9. The molecule has 1 saturated carbocycles. The number of benzene rings is 2. The standard InChI is InChI=1S/C20H23N3O3S/c24-20(21-16-6-7-16)15-4-3-5-19(14-15)27(25,26)22-17-8-10-18(11-9-17)23-12-1-2-13-23/h3-5,8-11,14,16,22H,1-2,6-7,12-13H2,(H,21,24). The monoisotopic (exact) mass is 385 g/mol. The Hall–Kier alpha value is -2.54. The molecule has 0 unspecified atom stereocenters. The highest BCUT2D eigenvalue weighted by Crippen LogP contribution is 2.24. The summed E-state index contributed by atoms with van der Waals surface area (Å²) in [6, 6.07) is 13.8. The second kappa shape index (κ2) is 7.23. The van der Waals surface area contributed by atoms with Crippen molar-refractivity contribution in [1.82, 2.24) is 5.32 Å². The van der Waals surface area contributed by atoms with Gasteiger partial charge in [0.15, 0.2) is 0 Å². The van der Waals surface area contributed by atoms with E-state index in [1.807, 2.05) is 12.1 Å². The Morgan fingerprint density at radius 3 is 2.37 bits per heavy atom. The highest BCUT2D eigenvalue weighted by molar-refractivity contribution is 7.92. The lowest BCUT2D eigenvalue weighted by Gasteiger charge is -2.18. The van der Waals surface area contributed by atoms with E-state index in [1.165, 1.54) is 25.0 Å². The minimum atomic E-state index is -3.76. The first kappa shape index (κ1) is 17.9. The fourth-order valence-electron chi connectivity index (χ4n) is 3.23. The second-order valence-electron chi connectivity index (χ2n) is 7.12. The number of anilines is 2. The highest BCUT2D eigenvalue weighted by Gasteiger charge is 2.24. The van der Waals surface area contributed by atoms with Crippen LogP contribution in [0.2, 0.25) is 0 Å². The quantitative estimate of drug-likeness (QED) is 0.801. The normalized spacial score (nSPS) is 17.0. The van der Waals surface area contributed by atoms with Crippen molar-refractivity contribution in [3.8, 4) is 0 Å². The number of hydrogen-bond acceptors (Lipinski definition) is 4. The molecule has 4 rings (SSSR count). The first-order chi connectivity index (χ1) is 13.0. The van der Waals surface area contributed by atoms with Crippen LogP contribution in [0.3, 0.4) is 0 Å². The molecule has 1 aliphatic heterocycles. The first-order valence-electron chi connectivity index (χ1n) is 9.30. The maximum atomic E-state index is 12.7. The fraction of sp³-hybridized carbons (Fsp3) is 0.350. The van der Waals surface area contributed by atoms with E-state index in [0.717, 1.165) is 31.6 Å². The van der Waals surface area contributed by atoms with Gasteiger partial charge in [0.1, 0.15) is 0 Å². The van der Waals surface area contributed by atoms with Gasteiger partial charge in [-0.3, -0.25) is 9.52 Å². The molecule has 6 nitrogen and oxygen atoms in total. The van der Waals surface area contributed by atoms with E-state index in [0.29, 0.717) is 11.3 Å². The summed E-state index contributed by atoms with van der Waals surface area (Å²) in [5.41, 5.74) is 1.97.